The summed E-state index contributed by atoms with van der Waals surface area (Å²) < 4.78 is 0. The zero-order chi connectivity index (χ0) is 19.7. The topological polar surface area (TPSA) is 88.0 Å². The standard InChI is InChI=1S/C21H17N3O3S/c1-2-13-4-3-5-17-16-9-6-14(12-18(16)23-21(13)17)22-19(25)10-7-15-8-11-20(28-15)24(26)27/h3-12,23H,2H2,1H3,(H,22,25)/b10-7+. The van der Waals surface area contributed by atoms with Crippen LogP contribution in [0.15, 0.2) is 54.6 Å². The Morgan fingerprint density at radius 3 is 2.82 bits per heavy atom. The molecule has 6 nitrogen and oxygen atoms in total. The van der Waals surface area contributed by atoms with Crippen LogP contribution in [-0.4, -0.2) is 15.8 Å². The van der Waals surface area contributed by atoms with Crippen LogP contribution in [0.2, 0.25) is 0 Å². The number of amides is 1. The van der Waals surface area contributed by atoms with E-state index in [4.69, 9.17) is 0 Å². The van der Waals surface area contributed by atoms with Crippen molar-refractivity contribution < 1.29 is 9.72 Å². The first-order valence-corrected chi connectivity index (χ1v) is 9.63. The highest BCUT2D eigenvalue weighted by atomic mass is 32.1. The maximum Gasteiger partial charge on any atom is 0.324 e. The van der Waals surface area contributed by atoms with Crippen molar-refractivity contribution in [2.45, 2.75) is 13.3 Å². The van der Waals surface area contributed by atoms with Gasteiger partial charge in [0.1, 0.15) is 0 Å². The quantitative estimate of drug-likeness (QED) is 0.267. The zero-order valence-electron chi connectivity index (χ0n) is 15.1. The van der Waals surface area contributed by atoms with E-state index < -0.39 is 4.92 Å². The predicted molar refractivity (Wildman–Crippen MR) is 114 cm³/mol. The van der Waals surface area contributed by atoms with E-state index in [0.717, 1.165) is 34.2 Å². The second-order valence-electron chi connectivity index (χ2n) is 6.33. The summed E-state index contributed by atoms with van der Waals surface area (Å²) in [6, 6.07) is 15.1. The third kappa shape index (κ3) is 3.39. The van der Waals surface area contributed by atoms with E-state index in [2.05, 4.69) is 35.4 Å². The minimum Gasteiger partial charge on any atom is -0.354 e. The van der Waals surface area contributed by atoms with Crippen molar-refractivity contribution in [2.75, 3.05) is 5.32 Å². The fourth-order valence-electron chi connectivity index (χ4n) is 3.23. The van der Waals surface area contributed by atoms with Gasteiger partial charge in [0.2, 0.25) is 5.91 Å². The molecule has 0 atom stereocenters. The Balaban J connectivity index is 1.55. The Morgan fingerprint density at radius 2 is 2.07 bits per heavy atom. The first-order chi connectivity index (χ1) is 13.5. The third-order valence-corrected chi connectivity index (χ3v) is 5.56. The Bertz CT molecular complexity index is 1240. The highest BCUT2D eigenvalue weighted by Crippen LogP contribution is 2.30. The number of H-pyrrole nitrogens is 1. The summed E-state index contributed by atoms with van der Waals surface area (Å²) in [6.07, 6.45) is 3.89. The second kappa shape index (κ2) is 7.28. The lowest BCUT2D eigenvalue weighted by Crippen LogP contribution is -2.07. The molecule has 4 rings (SSSR count). The van der Waals surface area contributed by atoms with Gasteiger partial charge in [0.15, 0.2) is 0 Å². The van der Waals surface area contributed by atoms with Gasteiger partial charge in [-0.25, -0.2) is 0 Å². The van der Waals surface area contributed by atoms with Gasteiger partial charge in [0, 0.05) is 44.5 Å². The molecule has 7 heteroatoms. The molecule has 0 aliphatic heterocycles. The third-order valence-electron chi connectivity index (χ3n) is 4.56. The number of aromatic nitrogens is 1. The molecule has 0 aliphatic rings. The SMILES string of the molecule is CCc1cccc2c1[nH]c1cc(NC(=O)/C=C/c3ccc([N+](=O)[O-])s3)ccc12. The number of aromatic amines is 1. The van der Waals surface area contributed by atoms with Crippen molar-refractivity contribution in [1.82, 2.24) is 4.98 Å². The molecule has 0 unspecified atom stereocenters. The number of nitrogens with one attached hydrogen (secondary N) is 2. The summed E-state index contributed by atoms with van der Waals surface area (Å²) in [4.78, 5) is 26.6. The number of hydrogen-bond acceptors (Lipinski definition) is 4. The van der Waals surface area contributed by atoms with E-state index in [9.17, 15) is 14.9 Å². The molecule has 0 aliphatic carbocycles. The molecule has 28 heavy (non-hydrogen) atoms. The number of benzene rings is 2. The van der Waals surface area contributed by atoms with E-state index >= 15 is 0 Å². The molecule has 2 heterocycles. The van der Waals surface area contributed by atoms with Gasteiger partial charge in [-0.3, -0.25) is 14.9 Å². The second-order valence-corrected chi connectivity index (χ2v) is 7.43. The normalized spacial score (nSPS) is 11.5. The van der Waals surface area contributed by atoms with Gasteiger partial charge in [-0.2, -0.15) is 0 Å². The van der Waals surface area contributed by atoms with Crippen LogP contribution < -0.4 is 5.32 Å². The van der Waals surface area contributed by atoms with Crippen molar-refractivity contribution in [1.29, 1.82) is 0 Å². The van der Waals surface area contributed by atoms with E-state index in [1.165, 1.54) is 23.1 Å². The molecule has 1 amide bonds. The molecule has 0 saturated carbocycles. The zero-order valence-corrected chi connectivity index (χ0v) is 15.9. The molecule has 0 radical (unpaired) electrons. The van der Waals surface area contributed by atoms with Gasteiger partial charge < -0.3 is 10.3 Å². The summed E-state index contributed by atoms with van der Waals surface area (Å²) in [7, 11) is 0. The lowest BCUT2D eigenvalue weighted by molar-refractivity contribution is -0.380. The minimum atomic E-state index is -0.443. The van der Waals surface area contributed by atoms with Crippen LogP contribution in [0.5, 0.6) is 0 Å². The molecule has 2 aromatic carbocycles. The lowest BCUT2D eigenvalue weighted by Gasteiger charge is -2.02. The van der Waals surface area contributed by atoms with Crippen LogP contribution in [0.4, 0.5) is 10.7 Å². The first kappa shape index (κ1) is 17.9. The van der Waals surface area contributed by atoms with Crippen molar-refractivity contribution in [2.24, 2.45) is 0 Å². The number of carbonyl (C=O) groups is 1. The Morgan fingerprint density at radius 1 is 1.21 bits per heavy atom. The molecule has 4 aromatic rings. The highest BCUT2D eigenvalue weighted by molar-refractivity contribution is 7.16. The van der Waals surface area contributed by atoms with E-state index in [0.29, 0.717) is 10.6 Å². The number of hydrogen-bond donors (Lipinski definition) is 2. The van der Waals surface area contributed by atoms with Crippen LogP contribution in [-0.2, 0) is 11.2 Å². The monoisotopic (exact) mass is 391 g/mol. The van der Waals surface area contributed by atoms with Crippen LogP contribution >= 0.6 is 11.3 Å². The molecule has 0 saturated heterocycles. The summed E-state index contributed by atoms with van der Waals surface area (Å²) >= 11 is 1.03. The van der Waals surface area contributed by atoms with Crippen LogP contribution in [0.1, 0.15) is 17.4 Å². The summed E-state index contributed by atoms with van der Waals surface area (Å²) in [5.41, 5.74) is 4.03. The average Bonchev–Trinajstić information content (AvgIpc) is 3.30. The van der Waals surface area contributed by atoms with Crippen LogP contribution in [0.3, 0.4) is 0 Å². The number of thiophene rings is 1. The number of anilines is 1. The molecule has 0 spiro atoms. The van der Waals surface area contributed by atoms with Crippen molar-refractivity contribution >= 4 is 55.8 Å². The van der Waals surface area contributed by atoms with E-state index in [-0.39, 0.29) is 10.9 Å². The lowest BCUT2D eigenvalue weighted by atomic mass is 10.1. The van der Waals surface area contributed by atoms with Gasteiger partial charge in [0.05, 0.1) is 4.92 Å². The predicted octanol–water partition coefficient (Wildman–Crippen LogP) is 5.51. The largest absolute Gasteiger partial charge is 0.354 e. The summed E-state index contributed by atoms with van der Waals surface area (Å²) in [5, 5.41) is 15.9. The Kier molecular flexibility index (Phi) is 4.67. The fraction of sp³-hybridized carbons (Fsp3) is 0.0952. The van der Waals surface area contributed by atoms with Crippen molar-refractivity contribution in [3.63, 3.8) is 0 Å². The van der Waals surface area contributed by atoms with Gasteiger partial charge >= 0.3 is 5.00 Å². The molecule has 0 fully saturated rings. The number of nitro groups is 1. The highest BCUT2D eigenvalue weighted by Gasteiger charge is 2.10. The van der Waals surface area contributed by atoms with Gasteiger partial charge in [-0.05, 0) is 36.3 Å². The molecule has 2 N–H and O–H groups in total. The van der Waals surface area contributed by atoms with E-state index in [1.54, 1.807) is 12.1 Å². The van der Waals surface area contributed by atoms with Crippen LogP contribution in [0, 0.1) is 10.1 Å². The number of para-hydroxylation sites is 1. The number of nitrogens with zero attached hydrogens (tertiary/aromatic N) is 1. The first-order valence-electron chi connectivity index (χ1n) is 8.82. The van der Waals surface area contributed by atoms with Gasteiger partial charge in [0.25, 0.3) is 0 Å². The number of carbonyl (C=O) groups excluding carboxylic acids is 1. The molecular formula is C21H17N3O3S. The minimum absolute atomic E-state index is 0.0516. The maximum absolute atomic E-state index is 12.2. The Hall–Kier alpha value is -3.45. The smallest absolute Gasteiger partial charge is 0.324 e. The molecule has 2 aromatic heterocycles. The van der Waals surface area contributed by atoms with Gasteiger partial charge in [-0.1, -0.05) is 42.5 Å². The Labute approximate surface area is 164 Å². The summed E-state index contributed by atoms with van der Waals surface area (Å²) in [6.45, 7) is 2.13. The van der Waals surface area contributed by atoms with Crippen molar-refractivity contribution in [3.05, 3.63) is 75.2 Å². The number of aryl methyl sites for hydroxylation is 1. The van der Waals surface area contributed by atoms with E-state index in [1.807, 2.05) is 18.2 Å². The molecule has 140 valence electrons. The van der Waals surface area contributed by atoms with Gasteiger partial charge in [-0.15, -0.1) is 0 Å². The molecule has 0 bridgehead atoms. The fourth-order valence-corrected chi connectivity index (χ4v) is 3.96. The average molecular weight is 391 g/mol. The number of rotatable bonds is 5. The number of fused-ring (bicyclic) bond motifs is 3. The molecular weight excluding hydrogens is 374 g/mol. The van der Waals surface area contributed by atoms with Crippen molar-refractivity contribution in [3.8, 4) is 0 Å². The summed E-state index contributed by atoms with van der Waals surface area (Å²) in [5.74, 6) is -0.291. The van der Waals surface area contributed by atoms with Crippen LogP contribution in [0.25, 0.3) is 27.9 Å². The maximum atomic E-state index is 12.2.